The molecule has 276 valence electrons. The quantitative estimate of drug-likeness (QED) is 0.167. The molecule has 0 radical (unpaired) electrons. The van der Waals surface area contributed by atoms with Gasteiger partial charge in [0, 0.05) is 72.4 Å². The number of benzene rings is 8. The minimum Gasteiger partial charge on any atom is -0.334 e. The van der Waals surface area contributed by atoms with Crippen LogP contribution in [0.2, 0.25) is 0 Å². The highest BCUT2D eigenvalue weighted by atomic mass is 15.2. The van der Waals surface area contributed by atoms with Gasteiger partial charge in [-0.1, -0.05) is 127 Å². The summed E-state index contributed by atoms with van der Waals surface area (Å²) < 4.78 is 5.20. The van der Waals surface area contributed by atoms with Gasteiger partial charge in [-0.3, -0.25) is 0 Å². The molecule has 59 heavy (non-hydrogen) atoms. The summed E-state index contributed by atoms with van der Waals surface area (Å²) in [5.41, 5.74) is 17.4. The van der Waals surface area contributed by atoms with Gasteiger partial charge in [-0.15, -0.1) is 0 Å². The van der Waals surface area contributed by atoms with E-state index in [0.717, 1.165) is 17.8 Å². The molecule has 5 heteroatoms. The Balaban J connectivity index is 1.20. The Hall–Kier alpha value is -7.50. The van der Waals surface area contributed by atoms with Crippen LogP contribution >= 0.6 is 0 Å². The lowest BCUT2D eigenvalue weighted by molar-refractivity contribution is 0.626. The number of nitrogens with zero attached hydrogens (tertiary/aromatic N) is 4. The largest absolute Gasteiger partial charge is 0.334 e. The van der Waals surface area contributed by atoms with Crippen LogP contribution in [0.25, 0.3) is 49.3 Å². The average Bonchev–Trinajstić information content (AvgIpc) is 3.82. The van der Waals surface area contributed by atoms with E-state index in [4.69, 9.17) is 0 Å². The molecule has 13 rings (SSSR count). The first-order valence-electron chi connectivity index (χ1n) is 20.7. The lowest BCUT2D eigenvalue weighted by atomic mass is 9.31. The zero-order chi connectivity index (χ0) is 38.6. The number of anilines is 5. The second-order valence-corrected chi connectivity index (χ2v) is 16.0. The molecule has 0 amide bonds. The number of aromatic nitrogens is 2. The summed E-state index contributed by atoms with van der Waals surface area (Å²) in [5, 5.41) is 5.11. The lowest BCUT2D eigenvalue weighted by Crippen LogP contribution is -2.58. The third-order valence-electron chi connectivity index (χ3n) is 13.0. The van der Waals surface area contributed by atoms with Crippen LogP contribution in [-0.2, 0) is 0 Å². The van der Waals surface area contributed by atoms with E-state index < -0.39 is 0 Å². The molecule has 0 bridgehead atoms. The fourth-order valence-electron chi connectivity index (χ4n) is 10.8. The maximum absolute atomic E-state index is 2.66. The Labute approximate surface area is 342 Å². The van der Waals surface area contributed by atoms with Crippen LogP contribution in [0, 0.1) is 0 Å². The molecule has 4 heterocycles. The number of rotatable bonds is 4. The van der Waals surface area contributed by atoms with Gasteiger partial charge in [0.05, 0.1) is 17.1 Å². The van der Waals surface area contributed by atoms with Crippen molar-refractivity contribution in [3.63, 3.8) is 0 Å². The fraction of sp³-hybridized carbons (Fsp3) is 0.0370. The van der Waals surface area contributed by atoms with E-state index in [-0.39, 0.29) is 12.8 Å². The van der Waals surface area contributed by atoms with Gasteiger partial charge in [0.2, 0.25) is 0 Å². The lowest BCUT2D eigenvalue weighted by Gasteiger charge is -2.47. The molecule has 4 nitrogen and oxygen atoms in total. The third kappa shape index (κ3) is 4.50. The smallest absolute Gasteiger partial charge is 0.252 e. The molecule has 0 saturated carbocycles. The summed E-state index contributed by atoms with van der Waals surface area (Å²) in [6.07, 6.45) is 5.71. The van der Waals surface area contributed by atoms with E-state index in [0.29, 0.717) is 0 Å². The maximum atomic E-state index is 2.66. The number of para-hydroxylation sites is 6. The summed E-state index contributed by atoms with van der Waals surface area (Å²) in [4.78, 5) is 5.06. The highest BCUT2D eigenvalue weighted by Gasteiger charge is 2.48. The van der Waals surface area contributed by atoms with E-state index in [1.54, 1.807) is 0 Å². The van der Waals surface area contributed by atoms with Gasteiger partial charge >= 0.3 is 0 Å². The monoisotopic (exact) mass is 752 g/mol. The van der Waals surface area contributed by atoms with Crippen LogP contribution in [0.4, 0.5) is 28.4 Å². The molecule has 8 aromatic carbocycles. The molecule has 0 spiro atoms. The van der Waals surface area contributed by atoms with Crippen molar-refractivity contribution < 1.29 is 0 Å². The summed E-state index contributed by atoms with van der Waals surface area (Å²) >= 11 is 0. The first-order valence-corrected chi connectivity index (χ1v) is 20.7. The molecule has 0 saturated heterocycles. The molecule has 1 unspecified atom stereocenters. The van der Waals surface area contributed by atoms with Crippen molar-refractivity contribution in [2.75, 3.05) is 9.80 Å². The Morgan fingerprint density at radius 2 is 0.814 bits per heavy atom. The van der Waals surface area contributed by atoms with E-state index >= 15 is 0 Å². The molecule has 10 aromatic rings. The van der Waals surface area contributed by atoms with Crippen molar-refractivity contribution in [2.24, 2.45) is 0 Å². The molecule has 0 N–H and O–H groups in total. The van der Waals surface area contributed by atoms with Crippen molar-refractivity contribution in [1.29, 1.82) is 0 Å². The normalized spacial score (nSPS) is 15.7. The van der Waals surface area contributed by atoms with Gasteiger partial charge in [0.15, 0.2) is 0 Å². The SMILES string of the molecule is C1=CC2=C(B3c4c(cccc4N(c4ccccc4)c4cccc(-n5c6ccccc6c6ccccc65)c43)N2c2ccccc2)C(n2c3ccccc3c3ccccc32)C1. The van der Waals surface area contributed by atoms with Crippen LogP contribution in [0.3, 0.4) is 0 Å². The highest BCUT2D eigenvalue weighted by molar-refractivity contribution is 6.96. The highest BCUT2D eigenvalue weighted by Crippen LogP contribution is 2.50. The van der Waals surface area contributed by atoms with E-state index in [2.05, 4.69) is 225 Å². The first kappa shape index (κ1) is 32.6. The van der Waals surface area contributed by atoms with Gasteiger partial charge in [-0.25, -0.2) is 0 Å². The standard InChI is InChI=1S/C54H37BN4/c1-3-18-36(19-4-1)56-46-30-15-31-47-52(46)55(53-48(56)32-16-34-50(53)58-42-26-11-7-22-38(42)39-23-8-12-27-43(39)58)54-49(57(47)37-20-5-2-6-21-37)33-17-35-51(54)59-44-28-13-9-24-40(44)41-25-10-14-29-45(41)59/h1-34,51H,35H2. The van der Waals surface area contributed by atoms with Gasteiger partial charge < -0.3 is 18.9 Å². The Morgan fingerprint density at radius 1 is 0.390 bits per heavy atom. The average molecular weight is 753 g/mol. The Kier molecular flexibility index (Phi) is 6.90. The fourth-order valence-corrected chi connectivity index (χ4v) is 10.8. The van der Waals surface area contributed by atoms with E-state index in [1.165, 1.54) is 88.5 Å². The van der Waals surface area contributed by atoms with Gasteiger partial charge in [-0.05, 0) is 102 Å². The molecule has 2 aromatic heterocycles. The van der Waals surface area contributed by atoms with Gasteiger partial charge in [0.1, 0.15) is 0 Å². The zero-order valence-electron chi connectivity index (χ0n) is 32.3. The van der Waals surface area contributed by atoms with Crippen molar-refractivity contribution in [2.45, 2.75) is 12.5 Å². The maximum Gasteiger partial charge on any atom is 0.252 e. The van der Waals surface area contributed by atoms with Gasteiger partial charge in [0.25, 0.3) is 6.71 Å². The van der Waals surface area contributed by atoms with Crippen molar-refractivity contribution in [3.05, 3.63) is 217 Å². The molecular formula is C54H37BN4. The molecule has 1 atom stereocenters. The minimum atomic E-state index is -0.0582. The van der Waals surface area contributed by atoms with Crippen molar-refractivity contribution >= 4 is 89.7 Å². The predicted molar refractivity (Wildman–Crippen MR) is 248 cm³/mol. The van der Waals surface area contributed by atoms with Crippen LogP contribution < -0.4 is 20.7 Å². The summed E-state index contributed by atoms with van der Waals surface area (Å²) in [5.74, 6) is 0. The first-order chi connectivity index (χ1) is 29.3. The van der Waals surface area contributed by atoms with Crippen LogP contribution in [0.1, 0.15) is 12.5 Å². The van der Waals surface area contributed by atoms with Gasteiger partial charge in [-0.2, -0.15) is 0 Å². The Bertz CT molecular complexity index is 3290. The molecular weight excluding hydrogens is 715 g/mol. The van der Waals surface area contributed by atoms with Crippen molar-refractivity contribution in [1.82, 2.24) is 9.13 Å². The van der Waals surface area contributed by atoms with Crippen LogP contribution in [0.15, 0.2) is 217 Å². The molecule has 3 aliphatic rings. The number of fused-ring (bicyclic) bond motifs is 9. The van der Waals surface area contributed by atoms with E-state index in [1.807, 2.05) is 0 Å². The summed E-state index contributed by atoms with van der Waals surface area (Å²) in [7, 11) is 0. The number of hydrogen-bond acceptors (Lipinski definition) is 2. The van der Waals surface area contributed by atoms with Crippen LogP contribution in [0.5, 0.6) is 0 Å². The number of hydrogen-bond donors (Lipinski definition) is 0. The molecule has 2 aliphatic heterocycles. The van der Waals surface area contributed by atoms with Crippen molar-refractivity contribution in [3.8, 4) is 5.69 Å². The summed E-state index contributed by atoms with van der Waals surface area (Å²) in [6, 6.07) is 71.7. The minimum absolute atomic E-state index is 0.0413. The number of allylic oxidation sites excluding steroid dienone is 3. The zero-order valence-corrected chi connectivity index (χ0v) is 32.3. The predicted octanol–water partition coefficient (Wildman–Crippen LogP) is 12.4. The Morgan fingerprint density at radius 3 is 1.37 bits per heavy atom. The van der Waals surface area contributed by atoms with E-state index in [9.17, 15) is 0 Å². The second kappa shape index (κ2) is 12.5. The van der Waals surface area contributed by atoms with Crippen LogP contribution in [-0.4, -0.2) is 15.8 Å². The third-order valence-corrected chi connectivity index (χ3v) is 13.0. The summed E-state index contributed by atoms with van der Waals surface area (Å²) in [6.45, 7) is -0.0582. The second-order valence-electron chi connectivity index (χ2n) is 16.0. The topological polar surface area (TPSA) is 16.3 Å². The molecule has 1 aliphatic carbocycles. The molecule has 0 fully saturated rings.